The number of hydrogen-bond acceptors (Lipinski definition) is 5. The van der Waals surface area contributed by atoms with Gasteiger partial charge < -0.3 is 24.2 Å². The normalized spacial score (nSPS) is 10.3. The standard InChI is InChI=1S/C31H33N3O5.K/c1-23-17-29(37-16-15-33-13-4-5-14-33)18-24(2)30(23)27-8-6-7-26(19-27)21-38-28-11-9-25(10-12-28)20-34(22-35)39-31(36)32-3;/h4-14,17-19,22H,15-16,20-21H2,1-3H3,(H,32,36);/q;+1/p-1. The van der Waals surface area contributed by atoms with Gasteiger partial charge in [-0.15, -0.1) is 7.05 Å². The minimum atomic E-state index is -0.831. The molecule has 0 unspecified atom stereocenters. The molecule has 202 valence electrons. The third-order valence-electron chi connectivity index (χ3n) is 6.17. The fourth-order valence-corrected chi connectivity index (χ4v) is 4.34. The molecular weight excluding hydrogens is 533 g/mol. The van der Waals surface area contributed by atoms with Crippen LogP contribution in [0.2, 0.25) is 0 Å². The summed E-state index contributed by atoms with van der Waals surface area (Å²) in [5, 5.41) is 4.25. The van der Waals surface area contributed by atoms with Crippen LogP contribution in [0.25, 0.3) is 16.4 Å². The van der Waals surface area contributed by atoms with E-state index in [4.69, 9.17) is 14.3 Å². The van der Waals surface area contributed by atoms with E-state index in [1.165, 1.54) is 12.6 Å². The molecule has 0 fully saturated rings. The SMILES string of the molecule is C[N-]C(=O)ON(C=O)Cc1ccc(OCc2cccc(-c3c(C)cc(OCCn4cccc4)cc3C)c2)cc1.[K+]. The summed E-state index contributed by atoms with van der Waals surface area (Å²) in [6, 6.07) is 23.8. The molecule has 4 aromatic rings. The molecule has 9 heteroatoms. The first-order valence-corrected chi connectivity index (χ1v) is 12.6. The van der Waals surface area contributed by atoms with E-state index >= 15 is 0 Å². The molecule has 0 N–H and O–H groups in total. The van der Waals surface area contributed by atoms with Gasteiger partial charge in [-0.2, -0.15) is 5.06 Å². The average Bonchev–Trinajstić information content (AvgIpc) is 3.46. The summed E-state index contributed by atoms with van der Waals surface area (Å²) >= 11 is 0. The van der Waals surface area contributed by atoms with E-state index in [0.29, 0.717) is 25.4 Å². The number of hydrogen-bond donors (Lipinski definition) is 0. The first-order valence-electron chi connectivity index (χ1n) is 12.6. The van der Waals surface area contributed by atoms with Crippen LogP contribution in [0.4, 0.5) is 4.79 Å². The second-order valence-electron chi connectivity index (χ2n) is 9.10. The molecule has 0 aliphatic carbocycles. The Morgan fingerprint density at radius 3 is 2.25 bits per heavy atom. The van der Waals surface area contributed by atoms with Crippen LogP contribution in [-0.2, 0) is 29.3 Å². The zero-order valence-electron chi connectivity index (χ0n) is 23.4. The van der Waals surface area contributed by atoms with E-state index in [-0.39, 0.29) is 57.9 Å². The van der Waals surface area contributed by atoms with Gasteiger partial charge in [0.1, 0.15) is 24.7 Å². The number of nitrogens with zero attached hydrogens (tertiary/aromatic N) is 3. The molecule has 0 bridgehead atoms. The van der Waals surface area contributed by atoms with Crippen molar-refractivity contribution < 1.29 is 75.3 Å². The largest absolute Gasteiger partial charge is 1.00 e. The average molecular weight is 566 g/mol. The van der Waals surface area contributed by atoms with Gasteiger partial charge in [0.2, 0.25) is 6.41 Å². The molecule has 0 saturated carbocycles. The van der Waals surface area contributed by atoms with Crippen LogP contribution < -0.4 is 60.9 Å². The quantitative estimate of drug-likeness (QED) is 0.149. The molecule has 40 heavy (non-hydrogen) atoms. The number of carbonyl (C=O) groups is 2. The van der Waals surface area contributed by atoms with Crippen LogP contribution in [0.15, 0.2) is 85.2 Å². The maximum Gasteiger partial charge on any atom is 1.00 e. The Morgan fingerprint density at radius 1 is 0.900 bits per heavy atom. The predicted octanol–water partition coefficient (Wildman–Crippen LogP) is 3.45. The fraction of sp³-hybridized carbons (Fsp3) is 0.226. The Labute approximate surface area is 277 Å². The zero-order chi connectivity index (χ0) is 27.6. The number of aromatic nitrogens is 1. The first-order chi connectivity index (χ1) is 18.9. The summed E-state index contributed by atoms with van der Waals surface area (Å²) in [6.45, 7) is 6.15. The predicted molar refractivity (Wildman–Crippen MR) is 149 cm³/mol. The maximum atomic E-state index is 11.3. The van der Waals surface area contributed by atoms with Crippen molar-refractivity contribution in [3.8, 4) is 22.6 Å². The topological polar surface area (TPSA) is 84.1 Å². The summed E-state index contributed by atoms with van der Waals surface area (Å²) in [5.74, 6) is 1.56. The molecule has 0 atom stereocenters. The number of amides is 2. The van der Waals surface area contributed by atoms with Gasteiger partial charge >= 0.3 is 51.4 Å². The minimum absolute atomic E-state index is 0. The van der Waals surface area contributed by atoms with Gasteiger partial charge in [-0.25, -0.2) is 0 Å². The van der Waals surface area contributed by atoms with Crippen LogP contribution in [-0.4, -0.2) is 35.8 Å². The number of aryl methyl sites for hydroxylation is 2. The van der Waals surface area contributed by atoms with E-state index in [1.807, 2.05) is 60.9 Å². The van der Waals surface area contributed by atoms with Crippen molar-refractivity contribution in [3.63, 3.8) is 0 Å². The van der Waals surface area contributed by atoms with Crippen LogP contribution in [0, 0.1) is 13.8 Å². The van der Waals surface area contributed by atoms with Gasteiger partial charge in [-0.05, 0) is 89.7 Å². The third kappa shape index (κ3) is 8.97. The van der Waals surface area contributed by atoms with Crippen LogP contribution >= 0.6 is 0 Å². The molecule has 4 rings (SSSR count). The van der Waals surface area contributed by atoms with Crippen molar-refractivity contribution >= 4 is 12.5 Å². The zero-order valence-corrected chi connectivity index (χ0v) is 26.5. The molecule has 1 aromatic heterocycles. The molecular formula is C31H32KN3O5. The van der Waals surface area contributed by atoms with E-state index in [9.17, 15) is 9.59 Å². The second-order valence-corrected chi connectivity index (χ2v) is 9.10. The molecule has 2 amide bonds. The van der Waals surface area contributed by atoms with Gasteiger partial charge in [0.05, 0.1) is 13.1 Å². The van der Waals surface area contributed by atoms with Crippen molar-refractivity contribution in [2.24, 2.45) is 0 Å². The van der Waals surface area contributed by atoms with Gasteiger partial charge in [-0.1, -0.05) is 30.3 Å². The minimum Gasteiger partial charge on any atom is -0.617 e. The van der Waals surface area contributed by atoms with Crippen molar-refractivity contribution in [3.05, 3.63) is 113 Å². The Bertz CT molecular complexity index is 1370. The Balaban J connectivity index is 0.00000441. The van der Waals surface area contributed by atoms with Gasteiger partial charge in [0, 0.05) is 12.4 Å². The summed E-state index contributed by atoms with van der Waals surface area (Å²) in [4.78, 5) is 27.2. The fourth-order valence-electron chi connectivity index (χ4n) is 4.34. The number of benzene rings is 3. The molecule has 8 nitrogen and oxygen atoms in total. The van der Waals surface area contributed by atoms with Crippen molar-refractivity contribution in [1.29, 1.82) is 0 Å². The van der Waals surface area contributed by atoms with E-state index in [1.54, 1.807) is 0 Å². The third-order valence-corrected chi connectivity index (χ3v) is 6.17. The number of carbonyl (C=O) groups excluding carboxylic acids is 2. The van der Waals surface area contributed by atoms with E-state index in [0.717, 1.165) is 45.2 Å². The molecule has 1 heterocycles. The van der Waals surface area contributed by atoms with E-state index in [2.05, 4.69) is 48.0 Å². The van der Waals surface area contributed by atoms with E-state index < -0.39 is 6.09 Å². The van der Waals surface area contributed by atoms with Crippen LogP contribution in [0.5, 0.6) is 11.5 Å². The van der Waals surface area contributed by atoms with Gasteiger partial charge in [-0.3, -0.25) is 9.59 Å². The van der Waals surface area contributed by atoms with Gasteiger partial charge in [0.15, 0.2) is 0 Å². The summed E-state index contributed by atoms with van der Waals surface area (Å²) < 4.78 is 14.1. The number of rotatable bonds is 12. The monoisotopic (exact) mass is 565 g/mol. The molecule has 0 radical (unpaired) electrons. The van der Waals surface area contributed by atoms with Crippen molar-refractivity contribution in [2.45, 2.75) is 33.5 Å². The van der Waals surface area contributed by atoms with Crippen molar-refractivity contribution in [2.75, 3.05) is 13.7 Å². The molecule has 0 spiro atoms. The summed E-state index contributed by atoms with van der Waals surface area (Å²) in [6.07, 6.45) is 3.67. The van der Waals surface area contributed by atoms with Gasteiger partial charge in [0.25, 0.3) is 6.09 Å². The second kappa shape index (κ2) is 15.6. The Kier molecular flexibility index (Phi) is 12.3. The molecule has 0 saturated heterocycles. The smallest absolute Gasteiger partial charge is 0.617 e. The number of hydroxylamine groups is 2. The number of ether oxygens (including phenoxy) is 2. The Morgan fingerprint density at radius 2 is 1.60 bits per heavy atom. The van der Waals surface area contributed by atoms with Crippen LogP contribution in [0.1, 0.15) is 22.3 Å². The summed E-state index contributed by atoms with van der Waals surface area (Å²) in [5.41, 5.74) is 6.45. The van der Waals surface area contributed by atoms with Crippen molar-refractivity contribution in [1.82, 2.24) is 9.63 Å². The molecule has 0 aliphatic rings. The Hall–Kier alpha value is -3.08. The van der Waals surface area contributed by atoms with Crippen LogP contribution in [0.3, 0.4) is 0 Å². The first kappa shape index (κ1) is 31.4. The summed E-state index contributed by atoms with van der Waals surface area (Å²) in [7, 11) is 1.30. The maximum absolute atomic E-state index is 11.3. The molecule has 3 aromatic carbocycles. The molecule has 0 aliphatic heterocycles.